The molecule has 0 unspecified atom stereocenters. The van der Waals surface area contributed by atoms with Gasteiger partial charge in [0.25, 0.3) is 5.91 Å². The Morgan fingerprint density at radius 2 is 1.97 bits per heavy atom. The first-order valence-electron chi connectivity index (χ1n) is 11.7. The Morgan fingerprint density at radius 1 is 1.11 bits per heavy atom. The van der Waals surface area contributed by atoms with Crippen molar-refractivity contribution in [2.45, 2.75) is 38.6 Å². The molecule has 2 aromatic carbocycles. The van der Waals surface area contributed by atoms with E-state index in [1.54, 1.807) is 7.11 Å². The zero-order valence-electron chi connectivity index (χ0n) is 19.7. The van der Waals surface area contributed by atoms with Crippen molar-refractivity contribution < 1.29 is 28.2 Å². The van der Waals surface area contributed by atoms with Gasteiger partial charge in [-0.2, -0.15) is 0 Å². The number of aromatic nitrogens is 1. The molecule has 3 heterocycles. The maximum absolute atomic E-state index is 12.5. The van der Waals surface area contributed by atoms with Crippen molar-refractivity contribution in [3.63, 3.8) is 0 Å². The number of nitrogens with one attached hydrogen (secondary N) is 1. The lowest BCUT2D eigenvalue weighted by Crippen LogP contribution is -2.32. The van der Waals surface area contributed by atoms with Gasteiger partial charge in [-0.3, -0.25) is 9.69 Å². The van der Waals surface area contributed by atoms with E-state index in [-0.39, 0.29) is 24.5 Å². The molecule has 1 saturated heterocycles. The lowest BCUT2D eigenvalue weighted by molar-refractivity contribution is 0.0853. The summed E-state index contributed by atoms with van der Waals surface area (Å²) in [5, 5.41) is 2.88. The summed E-state index contributed by atoms with van der Waals surface area (Å²) in [5.41, 5.74) is 2.42. The van der Waals surface area contributed by atoms with Crippen LogP contribution in [0.2, 0.25) is 0 Å². The van der Waals surface area contributed by atoms with E-state index in [1.165, 1.54) is 6.26 Å². The minimum Gasteiger partial charge on any atom is -0.497 e. The van der Waals surface area contributed by atoms with Crippen LogP contribution in [-0.4, -0.2) is 48.9 Å². The van der Waals surface area contributed by atoms with E-state index in [4.69, 9.17) is 23.4 Å². The fraction of sp³-hybridized carbons (Fsp3) is 0.385. The Labute approximate surface area is 203 Å². The third kappa shape index (κ3) is 5.93. The molecule has 0 spiro atoms. The Kier molecular flexibility index (Phi) is 7.15. The molecule has 1 aromatic heterocycles. The fourth-order valence-corrected chi connectivity index (χ4v) is 4.28. The summed E-state index contributed by atoms with van der Waals surface area (Å²) in [7, 11) is 1.65. The molecule has 2 aliphatic rings. The van der Waals surface area contributed by atoms with Crippen LogP contribution in [0.25, 0.3) is 0 Å². The molecule has 1 atom stereocenters. The van der Waals surface area contributed by atoms with Crippen LogP contribution in [0.3, 0.4) is 0 Å². The molecule has 1 fully saturated rings. The van der Waals surface area contributed by atoms with Crippen LogP contribution in [0.5, 0.6) is 17.2 Å². The van der Waals surface area contributed by atoms with Crippen molar-refractivity contribution in [1.29, 1.82) is 0 Å². The topological polar surface area (TPSA) is 95.3 Å². The fourth-order valence-electron chi connectivity index (χ4n) is 4.28. The summed E-state index contributed by atoms with van der Waals surface area (Å²) < 4.78 is 27.6. The third-order valence-corrected chi connectivity index (χ3v) is 6.04. The van der Waals surface area contributed by atoms with Crippen molar-refractivity contribution in [2.75, 3.05) is 27.1 Å². The monoisotopic (exact) mass is 479 g/mol. The van der Waals surface area contributed by atoms with Crippen LogP contribution >= 0.6 is 0 Å². The van der Waals surface area contributed by atoms with Gasteiger partial charge in [0.1, 0.15) is 12.0 Å². The molecule has 0 radical (unpaired) electrons. The van der Waals surface area contributed by atoms with E-state index in [0.717, 1.165) is 47.8 Å². The van der Waals surface area contributed by atoms with Gasteiger partial charge in [-0.05, 0) is 48.2 Å². The van der Waals surface area contributed by atoms with Crippen LogP contribution in [0, 0.1) is 0 Å². The first kappa shape index (κ1) is 23.2. The molecule has 3 aromatic rings. The largest absolute Gasteiger partial charge is 0.497 e. The van der Waals surface area contributed by atoms with Gasteiger partial charge in [0, 0.05) is 26.2 Å². The van der Waals surface area contributed by atoms with E-state index in [0.29, 0.717) is 32.1 Å². The number of fused-ring (bicyclic) bond motifs is 1. The molecule has 9 heteroatoms. The summed E-state index contributed by atoms with van der Waals surface area (Å²) in [4.78, 5) is 19.1. The second kappa shape index (κ2) is 10.8. The van der Waals surface area contributed by atoms with Crippen molar-refractivity contribution in [3.05, 3.63) is 71.4 Å². The summed E-state index contributed by atoms with van der Waals surface area (Å²) >= 11 is 0. The van der Waals surface area contributed by atoms with Crippen LogP contribution in [0.1, 0.15) is 40.3 Å². The number of ether oxygens (including phenoxy) is 4. The summed E-state index contributed by atoms with van der Waals surface area (Å²) in [5.74, 6) is 2.50. The maximum atomic E-state index is 12.5. The number of carbonyl (C=O) groups is 1. The number of benzene rings is 2. The highest BCUT2D eigenvalue weighted by atomic mass is 16.7. The SMILES string of the molecule is COc1cccc(CN(Cc2ccc3c(c2)OCO3)Cc2nc(C(=O)NC[C@@H]3CCCO3)co2)c1. The summed E-state index contributed by atoms with van der Waals surface area (Å²) in [6.07, 6.45) is 3.47. The third-order valence-electron chi connectivity index (χ3n) is 6.04. The zero-order valence-corrected chi connectivity index (χ0v) is 19.7. The van der Waals surface area contributed by atoms with Crippen molar-refractivity contribution in [1.82, 2.24) is 15.2 Å². The molecule has 1 N–H and O–H groups in total. The first-order chi connectivity index (χ1) is 17.2. The highest BCUT2D eigenvalue weighted by molar-refractivity contribution is 5.91. The second-order valence-electron chi connectivity index (χ2n) is 8.66. The van der Waals surface area contributed by atoms with E-state index in [1.807, 2.05) is 36.4 Å². The predicted octanol–water partition coefficient (Wildman–Crippen LogP) is 3.52. The Morgan fingerprint density at radius 3 is 2.80 bits per heavy atom. The molecule has 5 rings (SSSR count). The van der Waals surface area contributed by atoms with Crippen LogP contribution in [0.4, 0.5) is 0 Å². The molecule has 1 amide bonds. The number of rotatable bonds is 10. The molecule has 0 saturated carbocycles. The molecule has 0 bridgehead atoms. The number of amides is 1. The molecular formula is C26H29N3O6. The quantitative estimate of drug-likeness (QED) is 0.472. The van der Waals surface area contributed by atoms with Gasteiger partial charge in [0.15, 0.2) is 17.2 Å². The normalized spacial score (nSPS) is 16.6. The number of hydrogen-bond donors (Lipinski definition) is 1. The molecular weight excluding hydrogens is 450 g/mol. The van der Waals surface area contributed by atoms with E-state index in [9.17, 15) is 4.79 Å². The molecule has 2 aliphatic heterocycles. The molecule has 0 aliphatic carbocycles. The lowest BCUT2D eigenvalue weighted by atomic mass is 10.1. The average molecular weight is 480 g/mol. The van der Waals surface area contributed by atoms with Gasteiger partial charge in [0.2, 0.25) is 12.7 Å². The first-order valence-corrected chi connectivity index (χ1v) is 11.7. The van der Waals surface area contributed by atoms with Crippen LogP contribution < -0.4 is 19.5 Å². The van der Waals surface area contributed by atoms with Gasteiger partial charge < -0.3 is 28.7 Å². The minimum absolute atomic E-state index is 0.0744. The Balaban J connectivity index is 1.28. The van der Waals surface area contributed by atoms with Gasteiger partial charge in [-0.25, -0.2) is 4.98 Å². The maximum Gasteiger partial charge on any atom is 0.273 e. The summed E-state index contributed by atoms with van der Waals surface area (Å²) in [6.45, 7) is 3.14. The van der Waals surface area contributed by atoms with Gasteiger partial charge >= 0.3 is 0 Å². The summed E-state index contributed by atoms with van der Waals surface area (Å²) in [6, 6.07) is 13.9. The van der Waals surface area contributed by atoms with Gasteiger partial charge in [0.05, 0.1) is 19.8 Å². The van der Waals surface area contributed by atoms with Crippen molar-refractivity contribution in [2.24, 2.45) is 0 Å². The van der Waals surface area contributed by atoms with E-state index < -0.39 is 0 Å². The number of oxazole rings is 1. The average Bonchev–Trinajstić information content (AvgIpc) is 3.64. The number of methoxy groups -OCH3 is 1. The standard InChI is InChI=1S/C26H29N3O6/c1-31-20-5-2-4-18(10-20)13-29(14-19-7-8-23-24(11-19)35-17-34-23)15-25-28-22(16-33-25)26(30)27-12-21-6-3-9-32-21/h2,4-5,7-8,10-11,16,21H,3,6,9,12-15,17H2,1H3,(H,27,30)/t21-/m0/s1. The van der Waals surface area contributed by atoms with E-state index >= 15 is 0 Å². The van der Waals surface area contributed by atoms with Gasteiger partial charge in [-0.15, -0.1) is 0 Å². The van der Waals surface area contributed by atoms with Crippen molar-refractivity contribution in [3.8, 4) is 17.2 Å². The number of carbonyl (C=O) groups excluding carboxylic acids is 1. The zero-order chi connectivity index (χ0) is 24.0. The Bertz CT molecular complexity index is 1160. The number of nitrogens with zero attached hydrogens (tertiary/aromatic N) is 2. The minimum atomic E-state index is -0.259. The highest BCUT2D eigenvalue weighted by Crippen LogP contribution is 2.33. The van der Waals surface area contributed by atoms with Crippen LogP contribution in [0.15, 0.2) is 53.1 Å². The Hall–Kier alpha value is -3.56. The second-order valence-corrected chi connectivity index (χ2v) is 8.66. The predicted molar refractivity (Wildman–Crippen MR) is 126 cm³/mol. The lowest BCUT2D eigenvalue weighted by Gasteiger charge is -2.21. The smallest absolute Gasteiger partial charge is 0.273 e. The molecule has 35 heavy (non-hydrogen) atoms. The van der Waals surface area contributed by atoms with Crippen molar-refractivity contribution >= 4 is 5.91 Å². The van der Waals surface area contributed by atoms with Crippen LogP contribution in [-0.2, 0) is 24.4 Å². The molecule has 9 nitrogen and oxygen atoms in total. The van der Waals surface area contributed by atoms with E-state index in [2.05, 4.69) is 21.3 Å². The van der Waals surface area contributed by atoms with Gasteiger partial charge in [-0.1, -0.05) is 18.2 Å². The highest BCUT2D eigenvalue weighted by Gasteiger charge is 2.20. The number of hydrogen-bond acceptors (Lipinski definition) is 8. The molecule has 184 valence electrons.